The number of carbonyl (C=O) groups excluding carboxylic acids is 1. The molecule has 1 amide bonds. The minimum Gasteiger partial charge on any atom is -0.356 e. The average molecular weight is 342 g/mol. The van der Waals surface area contributed by atoms with Gasteiger partial charge in [0.15, 0.2) is 0 Å². The van der Waals surface area contributed by atoms with Crippen molar-refractivity contribution in [3.63, 3.8) is 0 Å². The quantitative estimate of drug-likeness (QED) is 0.862. The van der Waals surface area contributed by atoms with E-state index in [1.807, 2.05) is 13.8 Å². The molecule has 0 saturated carbocycles. The maximum Gasteiger partial charge on any atom is 0.246 e. The number of carbonyl (C=O) groups is 1. The second-order valence-corrected chi connectivity index (χ2v) is 8.47. The summed E-state index contributed by atoms with van der Waals surface area (Å²) in [6, 6.07) is 0. The van der Waals surface area contributed by atoms with Crippen LogP contribution in [0.5, 0.6) is 0 Å². The highest BCUT2D eigenvalue weighted by Gasteiger charge is 2.34. The molecule has 1 atom stereocenters. The van der Waals surface area contributed by atoms with Gasteiger partial charge in [0.05, 0.1) is 17.8 Å². The van der Waals surface area contributed by atoms with Crippen molar-refractivity contribution in [3.05, 3.63) is 11.9 Å². The fourth-order valence-electron chi connectivity index (χ4n) is 2.69. The van der Waals surface area contributed by atoms with Gasteiger partial charge in [-0.25, -0.2) is 8.42 Å². The SMILES string of the molecule is Cc1c(S(=O)(=O)N2CCCC(C(=O)NCC(C)C)C2)cnn1C. The molecule has 23 heavy (non-hydrogen) atoms. The van der Waals surface area contributed by atoms with Crippen LogP contribution in [-0.2, 0) is 21.9 Å². The Kier molecular flexibility index (Phi) is 5.46. The third kappa shape index (κ3) is 3.92. The first-order valence-corrected chi connectivity index (χ1v) is 9.44. The molecule has 0 spiro atoms. The number of aryl methyl sites for hydroxylation is 1. The summed E-state index contributed by atoms with van der Waals surface area (Å²) < 4.78 is 28.6. The molecule has 1 aromatic rings. The summed E-state index contributed by atoms with van der Waals surface area (Å²) in [6.45, 7) is 7.10. The fourth-order valence-corrected chi connectivity index (χ4v) is 4.40. The van der Waals surface area contributed by atoms with E-state index in [4.69, 9.17) is 0 Å². The Bertz CT molecular complexity index is 666. The minimum absolute atomic E-state index is 0.0542. The molecule has 7 nitrogen and oxygen atoms in total. The van der Waals surface area contributed by atoms with Crippen molar-refractivity contribution in [2.45, 2.75) is 38.5 Å². The van der Waals surface area contributed by atoms with E-state index in [1.54, 1.807) is 18.7 Å². The number of aromatic nitrogens is 2. The number of hydrogen-bond acceptors (Lipinski definition) is 4. The Hall–Kier alpha value is -1.41. The predicted molar refractivity (Wildman–Crippen MR) is 87.3 cm³/mol. The van der Waals surface area contributed by atoms with Crippen LogP contribution in [0.25, 0.3) is 0 Å². The molecule has 1 fully saturated rings. The lowest BCUT2D eigenvalue weighted by atomic mass is 9.98. The first-order chi connectivity index (χ1) is 10.7. The van der Waals surface area contributed by atoms with Crippen LogP contribution >= 0.6 is 0 Å². The molecule has 2 heterocycles. The molecule has 2 rings (SSSR count). The van der Waals surface area contributed by atoms with Gasteiger partial charge in [-0.3, -0.25) is 9.48 Å². The molecule has 8 heteroatoms. The minimum atomic E-state index is -3.60. The Morgan fingerprint density at radius 1 is 1.48 bits per heavy atom. The Morgan fingerprint density at radius 2 is 2.17 bits per heavy atom. The predicted octanol–water partition coefficient (Wildman–Crippen LogP) is 0.901. The maximum atomic E-state index is 12.8. The lowest BCUT2D eigenvalue weighted by molar-refractivity contribution is -0.126. The smallest absolute Gasteiger partial charge is 0.246 e. The Morgan fingerprint density at radius 3 is 2.74 bits per heavy atom. The summed E-state index contributed by atoms with van der Waals surface area (Å²) in [5, 5.41) is 6.91. The maximum absolute atomic E-state index is 12.8. The van der Waals surface area contributed by atoms with Crippen LogP contribution in [0.15, 0.2) is 11.1 Å². The average Bonchev–Trinajstić information content (AvgIpc) is 2.85. The van der Waals surface area contributed by atoms with Crippen molar-refractivity contribution in [3.8, 4) is 0 Å². The first-order valence-electron chi connectivity index (χ1n) is 8.00. The number of hydrogen-bond donors (Lipinski definition) is 1. The Labute approximate surface area is 138 Å². The van der Waals surface area contributed by atoms with Gasteiger partial charge in [-0.15, -0.1) is 0 Å². The van der Waals surface area contributed by atoms with Crippen molar-refractivity contribution in [1.82, 2.24) is 19.4 Å². The fraction of sp³-hybridized carbons (Fsp3) is 0.733. The molecule has 0 bridgehead atoms. The molecule has 130 valence electrons. The molecule has 1 aliphatic heterocycles. The summed E-state index contributed by atoms with van der Waals surface area (Å²) >= 11 is 0. The Balaban J connectivity index is 2.11. The molecule has 0 aliphatic carbocycles. The molecule has 0 aromatic carbocycles. The number of rotatable bonds is 5. The van der Waals surface area contributed by atoms with Crippen LogP contribution in [-0.4, -0.2) is 48.0 Å². The zero-order valence-corrected chi connectivity index (χ0v) is 15.1. The van der Waals surface area contributed by atoms with Crippen molar-refractivity contribution in [1.29, 1.82) is 0 Å². The van der Waals surface area contributed by atoms with Crippen LogP contribution in [0.3, 0.4) is 0 Å². The van der Waals surface area contributed by atoms with E-state index >= 15 is 0 Å². The van der Waals surface area contributed by atoms with E-state index < -0.39 is 10.0 Å². The van der Waals surface area contributed by atoms with Crippen molar-refractivity contribution in [2.24, 2.45) is 18.9 Å². The van der Waals surface area contributed by atoms with E-state index in [-0.39, 0.29) is 23.3 Å². The van der Waals surface area contributed by atoms with E-state index in [2.05, 4.69) is 10.4 Å². The second kappa shape index (κ2) is 7.00. The van der Waals surface area contributed by atoms with Crippen LogP contribution < -0.4 is 5.32 Å². The van der Waals surface area contributed by atoms with Gasteiger partial charge < -0.3 is 5.32 Å². The van der Waals surface area contributed by atoms with Gasteiger partial charge in [0.25, 0.3) is 0 Å². The van der Waals surface area contributed by atoms with Gasteiger partial charge in [-0.1, -0.05) is 13.8 Å². The lowest BCUT2D eigenvalue weighted by Gasteiger charge is -2.31. The van der Waals surface area contributed by atoms with Crippen LogP contribution in [0.4, 0.5) is 0 Å². The van der Waals surface area contributed by atoms with Gasteiger partial charge in [0.2, 0.25) is 15.9 Å². The molecule has 0 radical (unpaired) electrons. The summed E-state index contributed by atoms with van der Waals surface area (Å²) in [7, 11) is -1.88. The van der Waals surface area contributed by atoms with Crippen LogP contribution in [0, 0.1) is 18.8 Å². The molecule has 1 aliphatic rings. The van der Waals surface area contributed by atoms with E-state index in [9.17, 15) is 13.2 Å². The number of piperidine rings is 1. The van der Waals surface area contributed by atoms with Crippen molar-refractivity contribution >= 4 is 15.9 Å². The van der Waals surface area contributed by atoms with Crippen molar-refractivity contribution < 1.29 is 13.2 Å². The standard InChI is InChI=1S/C15H26N4O3S/c1-11(2)8-16-15(20)13-6-5-7-19(10-13)23(21,22)14-9-17-18(4)12(14)3/h9,11,13H,5-8,10H2,1-4H3,(H,16,20). The van der Waals surface area contributed by atoms with Gasteiger partial charge in [-0.2, -0.15) is 9.40 Å². The van der Waals surface area contributed by atoms with Gasteiger partial charge in [0, 0.05) is 26.7 Å². The molecular weight excluding hydrogens is 316 g/mol. The normalized spacial score (nSPS) is 20.0. The van der Waals surface area contributed by atoms with Gasteiger partial charge in [-0.05, 0) is 25.7 Å². The molecule has 1 aromatic heterocycles. The molecule has 1 unspecified atom stereocenters. The monoisotopic (exact) mass is 342 g/mol. The zero-order chi connectivity index (χ0) is 17.2. The van der Waals surface area contributed by atoms with Gasteiger partial charge >= 0.3 is 0 Å². The van der Waals surface area contributed by atoms with Gasteiger partial charge in [0.1, 0.15) is 4.90 Å². The second-order valence-electron chi connectivity index (χ2n) is 6.56. The van der Waals surface area contributed by atoms with Crippen molar-refractivity contribution in [2.75, 3.05) is 19.6 Å². The largest absolute Gasteiger partial charge is 0.356 e. The molecule has 1 N–H and O–H groups in total. The lowest BCUT2D eigenvalue weighted by Crippen LogP contribution is -2.46. The number of sulfonamides is 1. The zero-order valence-electron chi connectivity index (χ0n) is 14.2. The highest BCUT2D eigenvalue weighted by molar-refractivity contribution is 7.89. The topological polar surface area (TPSA) is 84.3 Å². The summed E-state index contributed by atoms with van der Waals surface area (Å²) in [6.07, 6.45) is 2.80. The summed E-state index contributed by atoms with van der Waals surface area (Å²) in [5.41, 5.74) is 0.608. The molecular formula is C15H26N4O3S. The summed E-state index contributed by atoms with van der Waals surface area (Å²) in [4.78, 5) is 12.5. The highest BCUT2D eigenvalue weighted by Crippen LogP contribution is 2.25. The van der Waals surface area contributed by atoms with Crippen LogP contribution in [0.1, 0.15) is 32.4 Å². The number of amides is 1. The number of nitrogens with one attached hydrogen (secondary N) is 1. The number of nitrogens with zero attached hydrogens (tertiary/aromatic N) is 3. The van der Waals surface area contributed by atoms with E-state index in [0.717, 1.165) is 6.42 Å². The highest BCUT2D eigenvalue weighted by atomic mass is 32.2. The first kappa shape index (κ1) is 17.9. The third-order valence-corrected chi connectivity index (χ3v) is 6.22. The van der Waals surface area contributed by atoms with Crippen LogP contribution in [0.2, 0.25) is 0 Å². The van der Waals surface area contributed by atoms with E-state index in [1.165, 1.54) is 10.5 Å². The van der Waals surface area contributed by atoms with E-state index in [0.29, 0.717) is 31.1 Å². The molecule has 1 saturated heterocycles. The summed E-state index contributed by atoms with van der Waals surface area (Å²) in [5.74, 6) is 0.0381. The third-order valence-electron chi connectivity index (χ3n) is 4.25.